The lowest BCUT2D eigenvalue weighted by Crippen LogP contribution is -2.51. The van der Waals surface area contributed by atoms with E-state index in [1.807, 2.05) is 56.3 Å². The van der Waals surface area contributed by atoms with Crippen LogP contribution in [0.5, 0.6) is 0 Å². The van der Waals surface area contributed by atoms with Gasteiger partial charge in [-0.15, -0.1) is 0 Å². The van der Waals surface area contributed by atoms with Gasteiger partial charge in [0.15, 0.2) is 0 Å². The molecule has 5 nitrogen and oxygen atoms in total. The largest absolute Gasteiger partial charge is 0.340 e. The summed E-state index contributed by atoms with van der Waals surface area (Å²) in [6.07, 6.45) is 0. The minimum absolute atomic E-state index is 0.0263. The van der Waals surface area contributed by atoms with E-state index in [2.05, 4.69) is 36.9 Å². The maximum Gasteiger partial charge on any atom is 0.261 e. The predicted molar refractivity (Wildman–Crippen MR) is 109 cm³/mol. The SMILES string of the molecule is CC(C)C(NC(=O)c1ccc(C(C)(C)C)cc1)C(=O)NNc1ccccc1. The van der Waals surface area contributed by atoms with Crippen LogP contribution in [0.15, 0.2) is 54.6 Å². The van der Waals surface area contributed by atoms with Crippen molar-refractivity contribution in [3.63, 3.8) is 0 Å². The first-order valence-electron chi connectivity index (χ1n) is 9.21. The maximum absolute atomic E-state index is 12.6. The number of rotatable bonds is 6. The molecular formula is C22H29N3O2. The molecule has 0 aliphatic heterocycles. The number of hydrazine groups is 1. The van der Waals surface area contributed by atoms with E-state index < -0.39 is 6.04 Å². The van der Waals surface area contributed by atoms with Crippen molar-refractivity contribution < 1.29 is 9.59 Å². The first-order valence-corrected chi connectivity index (χ1v) is 9.21. The van der Waals surface area contributed by atoms with Gasteiger partial charge in [-0.2, -0.15) is 0 Å². The lowest BCUT2D eigenvalue weighted by Gasteiger charge is -2.23. The molecule has 3 N–H and O–H groups in total. The molecule has 2 amide bonds. The van der Waals surface area contributed by atoms with Gasteiger partial charge in [0.1, 0.15) is 6.04 Å². The number of carbonyl (C=O) groups is 2. The zero-order valence-electron chi connectivity index (χ0n) is 16.7. The van der Waals surface area contributed by atoms with Crippen LogP contribution in [0.4, 0.5) is 5.69 Å². The standard InChI is InChI=1S/C22H29N3O2/c1-15(2)19(21(27)25-24-18-9-7-6-8-10-18)23-20(26)16-11-13-17(14-12-16)22(3,4)5/h6-15,19,24H,1-5H3,(H,23,26)(H,25,27). The Labute approximate surface area is 161 Å². The van der Waals surface area contributed by atoms with E-state index in [0.717, 1.165) is 11.3 Å². The lowest BCUT2D eigenvalue weighted by atomic mass is 9.86. The van der Waals surface area contributed by atoms with Crippen LogP contribution in [0.3, 0.4) is 0 Å². The molecule has 0 aliphatic carbocycles. The number of carbonyl (C=O) groups excluding carboxylic acids is 2. The van der Waals surface area contributed by atoms with Gasteiger partial charge in [-0.25, -0.2) is 0 Å². The Morgan fingerprint density at radius 3 is 2.00 bits per heavy atom. The summed E-state index contributed by atoms with van der Waals surface area (Å²) in [6, 6.07) is 16.2. The summed E-state index contributed by atoms with van der Waals surface area (Å²) in [4.78, 5) is 25.1. The van der Waals surface area contributed by atoms with Crippen molar-refractivity contribution in [1.82, 2.24) is 10.7 Å². The van der Waals surface area contributed by atoms with Crippen molar-refractivity contribution in [2.24, 2.45) is 5.92 Å². The summed E-state index contributed by atoms with van der Waals surface area (Å²) >= 11 is 0. The predicted octanol–water partition coefficient (Wildman–Crippen LogP) is 3.88. The number of amides is 2. The van der Waals surface area contributed by atoms with Crippen molar-refractivity contribution in [1.29, 1.82) is 0 Å². The summed E-state index contributed by atoms with van der Waals surface area (Å²) in [5, 5.41) is 2.84. The Balaban J connectivity index is 2.02. The van der Waals surface area contributed by atoms with E-state index in [1.54, 1.807) is 12.1 Å². The van der Waals surface area contributed by atoms with E-state index >= 15 is 0 Å². The fourth-order valence-corrected chi connectivity index (χ4v) is 2.61. The van der Waals surface area contributed by atoms with Gasteiger partial charge in [0.25, 0.3) is 11.8 Å². The van der Waals surface area contributed by atoms with Crippen LogP contribution in [0.25, 0.3) is 0 Å². The molecule has 0 heterocycles. The third-order valence-corrected chi connectivity index (χ3v) is 4.35. The summed E-state index contributed by atoms with van der Waals surface area (Å²) < 4.78 is 0. The van der Waals surface area contributed by atoms with Gasteiger partial charge in [0.2, 0.25) is 0 Å². The Morgan fingerprint density at radius 2 is 1.48 bits per heavy atom. The fourth-order valence-electron chi connectivity index (χ4n) is 2.61. The van der Waals surface area contributed by atoms with Gasteiger partial charge in [-0.3, -0.25) is 20.4 Å². The highest BCUT2D eigenvalue weighted by molar-refractivity contribution is 5.97. The molecule has 1 unspecified atom stereocenters. The van der Waals surface area contributed by atoms with Crippen LogP contribution in [0.2, 0.25) is 0 Å². The Morgan fingerprint density at radius 1 is 0.889 bits per heavy atom. The van der Waals surface area contributed by atoms with Gasteiger partial charge < -0.3 is 5.32 Å². The van der Waals surface area contributed by atoms with E-state index in [-0.39, 0.29) is 23.1 Å². The van der Waals surface area contributed by atoms with Crippen LogP contribution in [-0.2, 0) is 10.2 Å². The molecule has 27 heavy (non-hydrogen) atoms. The first-order chi connectivity index (χ1) is 12.7. The highest BCUT2D eigenvalue weighted by atomic mass is 16.2. The molecule has 144 valence electrons. The van der Waals surface area contributed by atoms with E-state index in [9.17, 15) is 9.59 Å². The number of hydrogen-bond donors (Lipinski definition) is 3. The molecular weight excluding hydrogens is 338 g/mol. The second-order valence-electron chi connectivity index (χ2n) is 8.00. The highest BCUT2D eigenvalue weighted by Crippen LogP contribution is 2.22. The third-order valence-electron chi connectivity index (χ3n) is 4.35. The van der Waals surface area contributed by atoms with Gasteiger partial charge in [0.05, 0.1) is 5.69 Å². The van der Waals surface area contributed by atoms with Crippen LogP contribution < -0.4 is 16.2 Å². The van der Waals surface area contributed by atoms with Crippen LogP contribution in [0.1, 0.15) is 50.5 Å². The Bertz CT molecular complexity index is 762. The normalized spacial score (nSPS) is 12.4. The third kappa shape index (κ3) is 5.84. The van der Waals surface area contributed by atoms with Gasteiger partial charge in [-0.1, -0.05) is 65.0 Å². The summed E-state index contributed by atoms with van der Waals surface area (Å²) in [5.41, 5.74) is 8.03. The molecule has 0 bridgehead atoms. The quantitative estimate of drug-likeness (QED) is 0.679. The molecule has 0 saturated carbocycles. The molecule has 0 spiro atoms. The molecule has 0 radical (unpaired) electrons. The Kier molecular flexibility index (Phi) is 6.61. The zero-order chi connectivity index (χ0) is 20.0. The molecule has 2 aromatic rings. The summed E-state index contributed by atoms with van der Waals surface area (Å²) in [5.74, 6) is -0.599. The molecule has 2 aromatic carbocycles. The molecule has 0 aliphatic rings. The minimum Gasteiger partial charge on any atom is -0.340 e. The summed E-state index contributed by atoms with van der Waals surface area (Å²) in [6.45, 7) is 10.2. The maximum atomic E-state index is 12.6. The van der Waals surface area contributed by atoms with E-state index in [0.29, 0.717) is 5.56 Å². The number of hydrogen-bond acceptors (Lipinski definition) is 3. The van der Waals surface area contributed by atoms with Crippen molar-refractivity contribution in [2.75, 3.05) is 5.43 Å². The van der Waals surface area contributed by atoms with Crippen LogP contribution >= 0.6 is 0 Å². The van der Waals surface area contributed by atoms with E-state index in [4.69, 9.17) is 0 Å². The average Bonchev–Trinajstić information content (AvgIpc) is 2.64. The molecule has 1 atom stereocenters. The fraction of sp³-hybridized carbons (Fsp3) is 0.364. The monoisotopic (exact) mass is 367 g/mol. The topological polar surface area (TPSA) is 70.2 Å². The second kappa shape index (κ2) is 8.71. The van der Waals surface area contributed by atoms with E-state index in [1.165, 1.54) is 0 Å². The molecule has 0 aromatic heterocycles. The first kappa shape index (κ1) is 20.5. The van der Waals surface area contributed by atoms with Crippen molar-refractivity contribution >= 4 is 17.5 Å². The average molecular weight is 367 g/mol. The number of para-hydroxylation sites is 1. The zero-order valence-corrected chi connectivity index (χ0v) is 16.7. The van der Waals surface area contributed by atoms with Crippen LogP contribution in [-0.4, -0.2) is 17.9 Å². The molecule has 5 heteroatoms. The van der Waals surface area contributed by atoms with Crippen molar-refractivity contribution in [2.45, 2.75) is 46.1 Å². The number of nitrogens with one attached hydrogen (secondary N) is 3. The number of anilines is 1. The lowest BCUT2D eigenvalue weighted by molar-refractivity contribution is -0.123. The summed E-state index contributed by atoms with van der Waals surface area (Å²) in [7, 11) is 0. The molecule has 0 fully saturated rings. The molecule has 0 saturated heterocycles. The second-order valence-corrected chi connectivity index (χ2v) is 8.00. The van der Waals surface area contributed by atoms with Gasteiger partial charge in [0, 0.05) is 5.56 Å². The minimum atomic E-state index is -0.643. The Hall–Kier alpha value is -2.82. The van der Waals surface area contributed by atoms with Gasteiger partial charge >= 0.3 is 0 Å². The van der Waals surface area contributed by atoms with Crippen LogP contribution in [0, 0.1) is 5.92 Å². The smallest absolute Gasteiger partial charge is 0.261 e. The van der Waals surface area contributed by atoms with Crippen molar-refractivity contribution in [3.05, 3.63) is 65.7 Å². The number of benzene rings is 2. The molecule has 2 rings (SSSR count). The van der Waals surface area contributed by atoms with Gasteiger partial charge in [-0.05, 0) is 41.2 Å². The highest BCUT2D eigenvalue weighted by Gasteiger charge is 2.25. The van der Waals surface area contributed by atoms with Crippen molar-refractivity contribution in [3.8, 4) is 0 Å².